The summed E-state index contributed by atoms with van der Waals surface area (Å²) in [6.45, 7) is 14.0. The molecule has 5 rings (SSSR count). The first kappa shape index (κ1) is 31.4. The molecule has 1 aromatic carbocycles. The van der Waals surface area contributed by atoms with Crippen LogP contribution in [0.3, 0.4) is 0 Å². The highest BCUT2D eigenvalue weighted by Crippen LogP contribution is 2.43. The Bertz CT molecular complexity index is 1530. The van der Waals surface area contributed by atoms with Crippen molar-refractivity contribution in [1.82, 2.24) is 29.7 Å². The number of imidazole rings is 1. The first-order valence-corrected chi connectivity index (χ1v) is 15.3. The molecule has 0 radical (unpaired) electrons. The summed E-state index contributed by atoms with van der Waals surface area (Å²) < 4.78 is 13.2. The Kier molecular flexibility index (Phi) is 9.22. The summed E-state index contributed by atoms with van der Waals surface area (Å²) in [6.07, 6.45) is 7.10. The number of rotatable bonds is 7. The first-order valence-electron chi connectivity index (χ1n) is 15.3. The molecule has 3 heterocycles. The highest BCUT2D eigenvalue weighted by atomic mass is 16.6. The number of pyridine rings is 1. The number of aromatic nitrogens is 3. The van der Waals surface area contributed by atoms with E-state index in [0.29, 0.717) is 26.2 Å². The van der Waals surface area contributed by atoms with Crippen molar-refractivity contribution in [2.75, 3.05) is 32.8 Å². The van der Waals surface area contributed by atoms with Crippen LogP contribution in [-0.2, 0) is 21.3 Å². The maximum Gasteiger partial charge on any atom is 0.410 e. The second kappa shape index (κ2) is 12.9. The van der Waals surface area contributed by atoms with Crippen molar-refractivity contribution in [2.45, 2.75) is 65.3 Å². The van der Waals surface area contributed by atoms with E-state index in [2.05, 4.69) is 52.5 Å². The maximum atomic E-state index is 13.4. The smallest absolute Gasteiger partial charge is 0.410 e. The molecule has 1 fully saturated rings. The molecule has 1 aliphatic carbocycles. The fourth-order valence-electron chi connectivity index (χ4n) is 5.82. The third-order valence-corrected chi connectivity index (χ3v) is 7.93. The van der Waals surface area contributed by atoms with Gasteiger partial charge in [0, 0.05) is 39.4 Å². The predicted octanol–water partition coefficient (Wildman–Crippen LogP) is 4.90. The van der Waals surface area contributed by atoms with Crippen LogP contribution >= 0.6 is 0 Å². The molecular formula is C34H44N6O4. The van der Waals surface area contributed by atoms with Gasteiger partial charge in [0.15, 0.2) is 0 Å². The molecule has 0 bridgehead atoms. The van der Waals surface area contributed by atoms with Gasteiger partial charge >= 0.3 is 6.09 Å². The summed E-state index contributed by atoms with van der Waals surface area (Å²) in [7, 11) is 1.93. The van der Waals surface area contributed by atoms with Crippen LogP contribution < -0.4 is 5.32 Å². The quantitative estimate of drug-likeness (QED) is 0.412. The normalized spacial score (nSPS) is 17.8. The molecule has 1 N–H and O–H groups in total. The summed E-state index contributed by atoms with van der Waals surface area (Å²) in [5.41, 5.74) is 6.54. The van der Waals surface area contributed by atoms with Crippen LogP contribution in [0.25, 0.3) is 11.6 Å². The van der Waals surface area contributed by atoms with Crippen molar-refractivity contribution in [3.8, 4) is 0 Å². The van der Waals surface area contributed by atoms with Crippen LogP contribution in [0.4, 0.5) is 4.79 Å². The molecule has 2 unspecified atom stereocenters. The van der Waals surface area contributed by atoms with Gasteiger partial charge in [-0.15, -0.1) is 0 Å². The lowest BCUT2D eigenvalue weighted by Gasteiger charge is -2.39. The van der Waals surface area contributed by atoms with E-state index in [1.165, 1.54) is 0 Å². The fraction of sp³-hybridized carbons (Fsp3) is 0.471. The number of benzene rings is 1. The van der Waals surface area contributed by atoms with Gasteiger partial charge in [-0.3, -0.25) is 14.7 Å². The average molecular weight is 601 g/mol. The molecule has 2 aromatic heterocycles. The maximum absolute atomic E-state index is 13.4. The minimum Gasteiger partial charge on any atom is -0.447 e. The third kappa shape index (κ3) is 7.03. The van der Waals surface area contributed by atoms with Gasteiger partial charge in [-0.05, 0) is 75.9 Å². The lowest BCUT2D eigenvalue weighted by atomic mass is 9.88. The lowest BCUT2D eigenvalue weighted by Crippen LogP contribution is -2.50. The fourth-order valence-corrected chi connectivity index (χ4v) is 5.82. The topological polar surface area (TPSA) is 102 Å². The number of fused-ring (bicyclic) bond motifs is 2. The highest BCUT2D eigenvalue weighted by molar-refractivity contribution is 5.91. The van der Waals surface area contributed by atoms with Gasteiger partial charge in [0.05, 0.1) is 47.7 Å². The number of nitrogens with zero attached hydrogens (tertiary/aromatic N) is 5. The van der Waals surface area contributed by atoms with Gasteiger partial charge in [-0.2, -0.15) is 0 Å². The van der Waals surface area contributed by atoms with E-state index in [1.807, 2.05) is 58.5 Å². The van der Waals surface area contributed by atoms with Gasteiger partial charge in [-0.1, -0.05) is 29.8 Å². The van der Waals surface area contributed by atoms with Crippen LogP contribution in [0.5, 0.6) is 0 Å². The van der Waals surface area contributed by atoms with Gasteiger partial charge in [0.25, 0.3) is 0 Å². The Balaban J connectivity index is 1.57. The van der Waals surface area contributed by atoms with E-state index >= 15 is 0 Å². The lowest BCUT2D eigenvalue weighted by molar-refractivity contribution is -0.131. The van der Waals surface area contributed by atoms with Crippen LogP contribution in [0, 0.1) is 6.92 Å². The molecule has 44 heavy (non-hydrogen) atoms. The predicted molar refractivity (Wildman–Crippen MR) is 170 cm³/mol. The van der Waals surface area contributed by atoms with Crippen molar-refractivity contribution >= 4 is 23.6 Å². The van der Waals surface area contributed by atoms with Gasteiger partial charge in [0.2, 0.25) is 5.91 Å². The third-order valence-electron chi connectivity index (χ3n) is 7.93. The molecular weight excluding hydrogens is 556 g/mol. The molecule has 1 aliphatic heterocycles. The average Bonchev–Trinajstić information content (AvgIpc) is 3.34. The monoisotopic (exact) mass is 600 g/mol. The van der Waals surface area contributed by atoms with Crippen molar-refractivity contribution < 1.29 is 19.1 Å². The zero-order valence-corrected chi connectivity index (χ0v) is 26.8. The second-order valence-corrected chi connectivity index (χ2v) is 12.9. The van der Waals surface area contributed by atoms with E-state index in [0.717, 1.165) is 39.2 Å². The van der Waals surface area contributed by atoms with E-state index in [4.69, 9.17) is 14.5 Å². The minimum absolute atomic E-state index is 0.0594. The number of carbonyl (C=O) groups is 2. The summed E-state index contributed by atoms with van der Waals surface area (Å²) in [4.78, 5) is 39.5. The van der Waals surface area contributed by atoms with Crippen molar-refractivity contribution in [1.29, 1.82) is 0 Å². The molecule has 0 saturated carbocycles. The van der Waals surface area contributed by atoms with E-state index in [1.54, 1.807) is 17.4 Å². The standard InChI is InChI=1S/C34H44N6O4/c1-22(2)44-33(42)40-15-13-39(14-16-40)32-25-11-10-23(3)17-26(25)27(18-24-9-8-12-36-30(24)32)31(28-19-35-21-38(28)7)37-29(41)20-43-34(4,5)6/h8-12,17-19,21-22,31-32H,13-16,20H2,1-7H3,(H,37,41). The number of amides is 2. The Morgan fingerprint density at radius 2 is 1.86 bits per heavy atom. The molecule has 10 nitrogen and oxygen atoms in total. The van der Waals surface area contributed by atoms with Crippen LogP contribution in [0.2, 0.25) is 0 Å². The van der Waals surface area contributed by atoms with E-state index < -0.39 is 11.6 Å². The number of hydrogen-bond acceptors (Lipinski definition) is 7. The van der Waals surface area contributed by atoms with Crippen LogP contribution in [0.1, 0.15) is 80.3 Å². The zero-order valence-electron chi connectivity index (χ0n) is 26.8. The van der Waals surface area contributed by atoms with Crippen molar-refractivity contribution in [3.63, 3.8) is 0 Å². The van der Waals surface area contributed by atoms with Gasteiger partial charge in [-0.25, -0.2) is 9.78 Å². The number of ether oxygens (including phenoxy) is 2. The van der Waals surface area contributed by atoms with E-state index in [9.17, 15) is 9.59 Å². The van der Waals surface area contributed by atoms with Gasteiger partial charge < -0.3 is 24.3 Å². The summed E-state index contributed by atoms with van der Waals surface area (Å²) in [6, 6.07) is 9.88. The Labute approximate surface area is 260 Å². The van der Waals surface area contributed by atoms with Crippen LogP contribution in [-0.4, -0.2) is 80.8 Å². The number of piperazine rings is 1. The minimum atomic E-state index is -0.492. The SMILES string of the molecule is Cc1ccc2c(c1)C(C(NC(=O)COC(C)(C)C)c1cncn1C)=Cc1cccnc1C2N1CCN(C(=O)OC(C)C)CC1. The molecule has 2 amide bonds. The number of hydrogen-bond donors (Lipinski definition) is 1. The first-order chi connectivity index (χ1) is 20.9. The largest absolute Gasteiger partial charge is 0.447 e. The second-order valence-electron chi connectivity index (χ2n) is 12.9. The molecule has 1 saturated heterocycles. The zero-order chi connectivity index (χ0) is 31.6. The molecule has 2 aliphatic rings. The molecule has 2 atom stereocenters. The van der Waals surface area contributed by atoms with Crippen molar-refractivity contribution in [3.05, 3.63) is 82.7 Å². The van der Waals surface area contributed by atoms with E-state index in [-0.39, 0.29) is 30.8 Å². The molecule has 10 heteroatoms. The number of aryl methyl sites for hydroxylation is 2. The number of carbonyl (C=O) groups excluding carboxylic acids is 2. The summed E-state index contributed by atoms with van der Waals surface area (Å²) in [5, 5.41) is 3.26. The van der Waals surface area contributed by atoms with Crippen LogP contribution in [0.15, 0.2) is 49.1 Å². The molecule has 3 aromatic rings. The summed E-state index contributed by atoms with van der Waals surface area (Å²) in [5.74, 6) is -0.210. The Morgan fingerprint density at radius 3 is 2.52 bits per heavy atom. The Morgan fingerprint density at radius 1 is 1.11 bits per heavy atom. The van der Waals surface area contributed by atoms with Crippen molar-refractivity contribution in [2.24, 2.45) is 7.05 Å². The summed E-state index contributed by atoms with van der Waals surface area (Å²) >= 11 is 0. The highest BCUT2D eigenvalue weighted by Gasteiger charge is 2.36. The molecule has 0 spiro atoms. The Hall–Kier alpha value is -4.02. The molecule has 234 valence electrons. The number of nitrogens with one attached hydrogen (secondary N) is 1. The van der Waals surface area contributed by atoms with Gasteiger partial charge in [0.1, 0.15) is 6.61 Å².